The fourth-order valence-electron chi connectivity index (χ4n) is 2.27. The summed E-state index contributed by atoms with van der Waals surface area (Å²) >= 11 is 0. The topological polar surface area (TPSA) is 19.9 Å². The van der Waals surface area contributed by atoms with Crippen LogP contribution in [0.5, 0.6) is 0 Å². The second-order valence-corrected chi connectivity index (χ2v) is 5.38. The fourth-order valence-corrected chi connectivity index (χ4v) is 2.27. The Morgan fingerprint density at radius 2 is 0.941 bits per heavy atom. The molecule has 0 aliphatic rings. The van der Waals surface area contributed by atoms with Crippen molar-refractivity contribution >= 4 is 0 Å². The summed E-state index contributed by atoms with van der Waals surface area (Å²) in [5, 5.41) is 11.6. The highest BCUT2D eigenvalue weighted by atomic mass is 16.3. The van der Waals surface area contributed by atoms with Crippen molar-refractivity contribution in [3.8, 4) is 0 Å². The highest BCUT2D eigenvalue weighted by molar-refractivity contribution is 4.57. The van der Waals surface area contributed by atoms with Gasteiger partial charge in [0.2, 0.25) is 0 Å². The largest absolute Gasteiger partial charge is 0.233 e. The van der Waals surface area contributed by atoms with Gasteiger partial charge in [0.15, 0.2) is 0 Å². The van der Waals surface area contributed by atoms with E-state index in [9.17, 15) is 5.11 Å². The molecule has 0 N–H and O–H groups in total. The molecule has 1 atom stereocenters. The lowest BCUT2D eigenvalue weighted by molar-refractivity contribution is 0.0688. The lowest BCUT2D eigenvalue weighted by Crippen LogP contribution is -2.04. The molecule has 0 aromatic heterocycles. The van der Waals surface area contributed by atoms with Crippen LogP contribution in [0, 0.1) is 0 Å². The Balaban J connectivity index is 3.09. The number of hydrogen-bond acceptors (Lipinski definition) is 0. The predicted octanol–water partition coefficient (Wildman–Crippen LogP) is 5.90. The van der Waals surface area contributed by atoms with Crippen molar-refractivity contribution in [1.82, 2.24) is 0 Å². The van der Waals surface area contributed by atoms with Crippen molar-refractivity contribution in [3.05, 3.63) is 0 Å². The number of hydrogen-bond donors (Lipinski definition) is 0. The summed E-state index contributed by atoms with van der Waals surface area (Å²) in [5.41, 5.74) is 0. The van der Waals surface area contributed by atoms with Crippen molar-refractivity contribution in [2.75, 3.05) is 0 Å². The van der Waals surface area contributed by atoms with Crippen LogP contribution in [0.1, 0.15) is 97.3 Å². The SMILES string of the molecule is CCCCCCCCC([O])CCCCCCC. The van der Waals surface area contributed by atoms with Gasteiger partial charge in [-0.3, -0.25) is 0 Å². The Kier molecular flexibility index (Phi) is 14.0. The molecule has 0 rings (SSSR count). The Morgan fingerprint density at radius 1 is 0.588 bits per heavy atom. The zero-order valence-corrected chi connectivity index (χ0v) is 12.2. The van der Waals surface area contributed by atoms with E-state index in [2.05, 4.69) is 13.8 Å². The minimum Gasteiger partial charge on any atom is -0.233 e. The Morgan fingerprint density at radius 3 is 1.35 bits per heavy atom. The van der Waals surface area contributed by atoms with Crippen molar-refractivity contribution in [3.63, 3.8) is 0 Å². The normalized spacial score (nSPS) is 12.9. The molecule has 17 heavy (non-hydrogen) atoms. The average Bonchev–Trinajstić information content (AvgIpc) is 2.33. The molecule has 1 nitrogen and oxygen atoms in total. The van der Waals surface area contributed by atoms with Crippen molar-refractivity contribution in [2.24, 2.45) is 0 Å². The first-order valence-electron chi connectivity index (χ1n) is 7.97. The summed E-state index contributed by atoms with van der Waals surface area (Å²) in [7, 11) is 0. The Labute approximate surface area is 109 Å². The molecular weight excluding hydrogens is 208 g/mol. The van der Waals surface area contributed by atoms with E-state index in [0.717, 1.165) is 25.7 Å². The van der Waals surface area contributed by atoms with Gasteiger partial charge in [-0.1, -0.05) is 84.5 Å². The summed E-state index contributed by atoms with van der Waals surface area (Å²) in [6.45, 7) is 4.47. The molecule has 0 bridgehead atoms. The van der Waals surface area contributed by atoms with Crippen LogP contribution in [0.25, 0.3) is 0 Å². The lowest BCUT2D eigenvalue weighted by Gasteiger charge is -2.07. The van der Waals surface area contributed by atoms with E-state index in [4.69, 9.17) is 0 Å². The van der Waals surface area contributed by atoms with E-state index in [0.29, 0.717) is 0 Å². The second-order valence-electron chi connectivity index (χ2n) is 5.38. The number of unbranched alkanes of at least 4 members (excludes halogenated alkanes) is 9. The molecule has 103 valence electrons. The average molecular weight is 241 g/mol. The summed E-state index contributed by atoms with van der Waals surface area (Å²) in [6.07, 6.45) is 15.7. The van der Waals surface area contributed by atoms with Crippen molar-refractivity contribution in [2.45, 2.75) is 103 Å². The zero-order chi connectivity index (χ0) is 12.8. The van der Waals surface area contributed by atoms with Crippen LogP contribution in [0.4, 0.5) is 0 Å². The van der Waals surface area contributed by atoms with Gasteiger partial charge < -0.3 is 0 Å². The maximum atomic E-state index is 11.6. The van der Waals surface area contributed by atoms with Gasteiger partial charge in [0.1, 0.15) is 0 Å². The van der Waals surface area contributed by atoms with Crippen LogP contribution < -0.4 is 0 Å². The van der Waals surface area contributed by atoms with Crippen LogP contribution in [0.15, 0.2) is 0 Å². The maximum absolute atomic E-state index is 11.6. The van der Waals surface area contributed by atoms with Crippen LogP contribution >= 0.6 is 0 Å². The standard InChI is InChI=1S/C16H33O/c1-3-5-7-9-11-13-15-16(17)14-12-10-8-6-4-2/h16H,3-15H2,1-2H3. The molecule has 1 unspecified atom stereocenters. The Bertz CT molecular complexity index is 133. The van der Waals surface area contributed by atoms with E-state index in [-0.39, 0.29) is 6.10 Å². The molecule has 0 aliphatic heterocycles. The first-order chi connectivity index (χ1) is 8.31. The summed E-state index contributed by atoms with van der Waals surface area (Å²) < 4.78 is 0. The zero-order valence-electron chi connectivity index (χ0n) is 12.2. The van der Waals surface area contributed by atoms with Crippen LogP contribution in [-0.4, -0.2) is 6.10 Å². The second kappa shape index (κ2) is 14.0. The summed E-state index contributed by atoms with van der Waals surface area (Å²) in [5.74, 6) is 0. The molecule has 0 fully saturated rings. The molecule has 0 saturated heterocycles. The third-order valence-electron chi connectivity index (χ3n) is 3.51. The minimum atomic E-state index is -0.275. The van der Waals surface area contributed by atoms with Crippen LogP contribution in [0.3, 0.4) is 0 Å². The van der Waals surface area contributed by atoms with E-state index < -0.39 is 0 Å². The molecule has 0 aromatic rings. The molecule has 0 aliphatic carbocycles. The molecule has 0 heterocycles. The van der Waals surface area contributed by atoms with Crippen LogP contribution in [-0.2, 0) is 5.11 Å². The Hall–Kier alpha value is -0.0400. The highest BCUT2D eigenvalue weighted by Crippen LogP contribution is 2.13. The molecule has 0 saturated carbocycles. The molecule has 0 spiro atoms. The molecule has 0 aromatic carbocycles. The smallest absolute Gasteiger partial charge is 0.0930 e. The van der Waals surface area contributed by atoms with Crippen molar-refractivity contribution < 1.29 is 5.11 Å². The van der Waals surface area contributed by atoms with Gasteiger partial charge in [0.05, 0.1) is 6.10 Å². The summed E-state index contributed by atoms with van der Waals surface area (Å²) in [6, 6.07) is 0. The van der Waals surface area contributed by atoms with Crippen LogP contribution in [0.2, 0.25) is 0 Å². The van der Waals surface area contributed by atoms with E-state index in [1.807, 2.05) is 0 Å². The van der Waals surface area contributed by atoms with Gasteiger partial charge in [-0.05, 0) is 12.8 Å². The first-order valence-corrected chi connectivity index (χ1v) is 7.97. The highest BCUT2D eigenvalue weighted by Gasteiger charge is 2.05. The van der Waals surface area contributed by atoms with E-state index in [1.54, 1.807) is 0 Å². The van der Waals surface area contributed by atoms with Crippen molar-refractivity contribution in [1.29, 1.82) is 0 Å². The predicted molar refractivity (Wildman–Crippen MR) is 75.8 cm³/mol. The fraction of sp³-hybridized carbons (Fsp3) is 1.00. The van der Waals surface area contributed by atoms with Gasteiger partial charge in [0.25, 0.3) is 0 Å². The minimum absolute atomic E-state index is 0.275. The van der Waals surface area contributed by atoms with E-state index in [1.165, 1.54) is 57.8 Å². The summed E-state index contributed by atoms with van der Waals surface area (Å²) in [4.78, 5) is 0. The molecule has 1 heteroatoms. The third-order valence-corrected chi connectivity index (χ3v) is 3.51. The van der Waals surface area contributed by atoms with Gasteiger partial charge in [-0.2, -0.15) is 0 Å². The maximum Gasteiger partial charge on any atom is 0.0930 e. The molecular formula is C16H33O. The van der Waals surface area contributed by atoms with Gasteiger partial charge >= 0.3 is 0 Å². The molecule has 0 amide bonds. The molecule has 1 radical (unpaired) electrons. The quantitative estimate of drug-likeness (QED) is 0.358. The van der Waals surface area contributed by atoms with Gasteiger partial charge in [0, 0.05) is 0 Å². The lowest BCUT2D eigenvalue weighted by atomic mass is 10.0. The number of rotatable bonds is 13. The van der Waals surface area contributed by atoms with Gasteiger partial charge in [-0.15, -0.1) is 0 Å². The van der Waals surface area contributed by atoms with E-state index >= 15 is 0 Å². The monoisotopic (exact) mass is 241 g/mol. The first kappa shape index (κ1) is 17.0. The third kappa shape index (κ3) is 13.9. The van der Waals surface area contributed by atoms with Gasteiger partial charge in [-0.25, -0.2) is 5.11 Å².